The van der Waals surface area contributed by atoms with Crippen LogP contribution in [0.15, 0.2) is 91.0 Å². The largest absolute Gasteiger partial charge is 0.340 e. The summed E-state index contributed by atoms with van der Waals surface area (Å²) in [5.74, 6) is 0.740. The number of nitrogens with zero attached hydrogens (tertiary/aromatic N) is 1. The van der Waals surface area contributed by atoms with Gasteiger partial charge in [0.2, 0.25) is 0 Å². The minimum atomic E-state index is 0.0830. The van der Waals surface area contributed by atoms with Crippen molar-refractivity contribution in [3.63, 3.8) is 0 Å². The predicted molar refractivity (Wildman–Crippen MR) is 162 cm³/mol. The summed E-state index contributed by atoms with van der Waals surface area (Å²) in [6, 6.07) is 31.9. The topological polar surface area (TPSA) is 22.0 Å². The summed E-state index contributed by atoms with van der Waals surface area (Å²) in [6.45, 7) is 7.64. The Labute approximate surface area is 224 Å². The number of carbonyl (C=O) groups is 1. The average molecular weight is 498 g/mol. The summed E-state index contributed by atoms with van der Waals surface area (Å²) in [6.07, 6.45) is 4.97. The summed E-state index contributed by atoms with van der Waals surface area (Å²) >= 11 is 0. The molecule has 0 saturated carbocycles. The van der Waals surface area contributed by atoms with Crippen molar-refractivity contribution in [3.05, 3.63) is 108 Å². The summed E-state index contributed by atoms with van der Waals surface area (Å²) in [7, 11) is 0. The first-order valence-corrected chi connectivity index (χ1v) is 14.1. The molecule has 0 amide bonds. The van der Waals surface area contributed by atoms with Gasteiger partial charge in [-0.25, -0.2) is 0 Å². The van der Waals surface area contributed by atoms with Crippen LogP contribution in [0.1, 0.15) is 61.0 Å². The molecule has 0 fully saturated rings. The van der Waals surface area contributed by atoms with E-state index in [0.29, 0.717) is 5.92 Å². The van der Waals surface area contributed by atoms with E-state index in [1.807, 2.05) is 37.3 Å². The highest BCUT2D eigenvalue weighted by molar-refractivity contribution is 6.28. The zero-order valence-corrected chi connectivity index (χ0v) is 22.6. The van der Waals surface area contributed by atoms with Crippen molar-refractivity contribution in [2.45, 2.75) is 53.0 Å². The smallest absolute Gasteiger partial charge is 0.193 e. The van der Waals surface area contributed by atoms with Crippen molar-refractivity contribution in [1.82, 2.24) is 4.57 Å². The van der Waals surface area contributed by atoms with E-state index in [2.05, 4.69) is 79.1 Å². The van der Waals surface area contributed by atoms with Gasteiger partial charge in [-0.3, -0.25) is 4.79 Å². The Bertz CT molecular complexity index is 1810. The van der Waals surface area contributed by atoms with Crippen molar-refractivity contribution in [2.24, 2.45) is 5.92 Å². The minimum absolute atomic E-state index is 0.0830. The first-order chi connectivity index (χ1) is 18.6. The van der Waals surface area contributed by atoms with Gasteiger partial charge in [-0.15, -0.1) is 0 Å². The van der Waals surface area contributed by atoms with E-state index in [-0.39, 0.29) is 5.78 Å². The minimum Gasteiger partial charge on any atom is -0.340 e. The second-order valence-corrected chi connectivity index (χ2v) is 10.7. The maximum absolute atomic E-state index is 13.4. The summed E-state index contributed by atoms with van der Waals surface area (Å²) in [4.78, 5) is 13.4. The van der Waals surface area contributed by atoms with Crippen LogP contribution in [0.4, 0.5) is 0 Å². The standard InChI is InChI=1S/C36H35NO/c1-4-6-12-25(5-2)23-37-32-20-17-26-13-8-10-15-30(26)34(32)35-31-19-16-28(22-27(31)18-21-33(35)37)36(38)29-14-9-7-11-24(29)3/h7-11,13-22,25H,4-6,12,23H2,1-3H3. The van der Waals surface area contributed by atoms with Crippen molar-refractivity contribution in [2.75, 3.05) is 0 Å². The molecule has 5 aromatic carbocycles. The molecule has 0 bridgehead atoms. The Morgan fingerprint density at radius 3 is 2.18 bits per heavy atom. The molecule has 0 N–H and O–H groups in total. The van der Waals surface area contributed by atoms with Crippen LogP contribution >= 0.6 is 0 Å². The third-order valence-electron chi connectivity index (χ3n) is 8.37. The average Bonchev–Trinajstić information content (AvgIpc) is 3.28. The zero-order valence-electron chi connectivity index (χ0n) is 22.6. The fourth-order valence-corrected chi connectivity index (χ4v) is 6.18. The van der Waals surface area contributed by atoms with E-state index in [1.165, 1.54) is 63.6 Å². The van der Waals surface area contributed by atoms with Gasteiger partial charge in [0.05, 0.1) is 0 Å². The third-order valence-corrected chi connectivity index (χ3v) is 8.37. The molecule has 0 spiro atoms. The van der Waals surface area contributed by atoms with Crippen LogP contribution in [0, 0.1) is 12.8 Å². The fourth-order valence-electron chi connectivity index (χ4n) is 6.18. The molecule has 0 aliphatic rings. The molecule has 6 aromatic rings. The zero-order chi connectivity index (χ0) is 26.2. The van der Waals surface area contributed by atoms with Gasteiger partial charge in [0.25, 0.3) is 0 Å². The molecule has 1 unspecified atom stereocenters. The molecule has 1 atom stereocenters. The Morgan fingerprint density at radius 1 is 0.763 bits per heavy atom. The Balaban J connectivity index is 1.59. The molecule has 0 aliphatic carbocycles. The molecule has 6 rings (SSSR count). The summed E-state index contributed by atoms with van der Waals surface area (Å²) < 4.78 is 2.56. The van der Waals surface area contributed by atoms with Gasteiger partial charge < -0.3 is 4.57 Å². The lowest BCUT2D eigenvalue weighted by atomic mass is 9.95. The van der Waals surface area contributed by atoms with Crippen LogP contribution < -0.4 is 0 Å². The first kappa shape index (κ1) is 24.4. The van der Waals surface area contributed by atoms with E-state index >= 15 is 0 Å². The number of ketones is 1. The van der Waals surface area contributed by atoms with Crippen molar-refractivity contribution >= 4 is 49.1 Å². The second-order valence-electron chi connectivity index (χ2n) is 10.7. The van der Waals surface area contributed by atoms with Crippen molar-refractivity contribution < 1.29 is 4.79 Å². The molecule has 2 heteroatoms. The van der Waals surface area contributed by atoms with Gasteiger partial charge in [0.15, 0.2) is 5.78 Å². The number of aromatic nitrogens is 1. The maximum atomic E-state index is 13.4. The van der Waals surface area contributed by atoms with Gasteiger partial charge in [-0.05, 0) is 64.6 Å². The molecular formula is C36H35NO. The highest BCUT2D eigenvalue weighted by atomic mass is 16.1. The predicted octanol–water partition coefficient (Wildman–Crippen LogP) is 9.86. The highest BCUT2D eigenvalue weighted by Gasteiger charge is 2.19. The SMILES string of the molecule is CCCCC(CC)Cn1c2ccc3ccccc3c2c2c3ccc(C(=O)c4ccccc4C)cc3ccc21. The second kappa shape index (κ2) is 10.1. The van der Waals surface area contributed by atoms with Crippen LogP contribution in [0.2, 0.25) is 0 Å². The number of rotatable bonds is 8. The lowest BCUT2D eigenvalue weighted by Crippen LogP contribution is -2.10. The number of hydrogen-bond acceptors (Lipinski definition) is 1. The number of hydrogen-bond donors (Lipinski definition) is 0. The highest BCUT2D eigenvalue weighted by Crippen LogP contribution is 2.40. The maximum Gasteiger partial charge on any atom is 0.193 e. The van der Waals surface area contributed by atoms with Crippen molar-refractivity contribution in [1.29, 1.82) is 0 Å². The molecule has 0 radical (unpaired) electrons. The summed E-state index contributed by atoms with van der Waals surface area (Å²) in [5.41, 5.74) is 5.12. The Kier molecular flexibility index (Phi) is 6.49. The first-order valence-electron chi connectivity index (χ1n) is 14.1. The molecule has 2 nitrogen and oxygen atoms in total. The van der Waals surface area contributed by atoms with E-state index < -0.39 is 0 Å². The molecular weight excluding hydrogens is 462 g/mol. The molecule has 0 saturated heterocycles. The van der Waals surface area contributed by atoms with Gasteiger partial charge in [-0.1, -0.05) is 106 Å². The number of fused-ring (bicyclic) bond motifs is 7. The van der Waals surface area contributed by atoms with Crippen LogP contribution in [0.3, 0.4) is 0 Å². The van der Waals surface area contributed by atoms with Crippen LogP contribution in [-0.4, -0.2) is 10.4 Å². The molecule has 38 heavy (non-hydrogen) atoms. The van der Waals surface area contributed by atoms with Gasteiger partial charge in [0.1, 0.15) is 0 Å². The lowest BCUT2D eigenvalue weighted by Gasteiger charge is -2.17. The van der Waals surface area contributed by atoms with Gasteiger partial charge >= 0.3 is 0 Å². The number of aryl methyl sites for hydroxylation is 1. The number of carbonyl (C=O) groups excluding carboxylic acids is 1. The quantitative estimate of drug-likeness (QED) is 0.192. The van der Waals surface area contributed by atoms with E-state index in [0.717, 1.165) is 28.6 Å². The van der Waals surface area contributed by atoms with E-state index in [1.54, 1.807) is 0 Å². The monoisotopic (exact) mass is 497 g/mol. The number of unbranched alkanes of at least 4 members (excludes halogenated alkanes) is 1. The molecule has 190 valence electrons. The Morgan fingerprint density at radius 2 is 1.45 bits per heavy atom. The van der Waals surface area contributed by atoms with Crippen LogP contribution in [-0.2, 0) is 6.54 Å². The summed E-state index contributed by atoms with van der Waals surface area (Å²) in [5, 5.41) is 7.51. The normalized spacial score (nSPS) is 12.6. The van der Waals surface area contributed by atoms with Crippen LogP contribution in [0.5, 0.6) is 0 Å². The fraction of sp³-hybridized carbons (Fsp3) is 0.250. The van der Waals surface area contributed by atoms with E-state index in [4.69, 9.17) is 0 Å². The molecule has 1 heterocycles. The lowest BCUT2D eigenvalue weighted by molar-refractivity contribution is 0.103. The number of benzene rings is 5. The third kappa shape index (κ3) is 4.09. The Hall–Kier alpha value is -3.91. The molecule has 1 aromatic heterocycles. The van der Waals surface area contributed by atoms with E-state index in [9.17, 15) is 4.79 Å². The van der Waals surface area contributed by atoms with Gasteiger partial charge in [-0.2, -0.15) is 0 Å². The molecule has 0 aliphatic heterocycles. The van der Waals surface area contributed by atoms with Crippen molar-refractivity contribution in [3.8, 4) is 0 Å². The van der Waals surface area contributed by atoms with Gasteiger partial charge in [0, 0.05) is 39.5 Å². The van der Waals surface area contributed by atoms with Crippen LogP contribution in [0.25, 0.3) is 43.4 Å².